The van der Waals surface area contributed by atoms with Crippen molar-refractivity contribution in [2.24, 2.45) is 11.3 Å². The maximum absolute atomic E-state index is 12.9. The van der Waals surface area contributed by atoms with Gasteiger partial charge in [0.2, 0.25) is 5.91 Å². The van der Waals surface area contributed by atoms with Crippen molar-refractivity contribution in [2.45, 2.75) is 52.1 Å². The van der Waals surface area contributed by atoms with Gasteiger partial charge in [0, 0.05) is 32.1 Å². The predicted molar refractivity (Wildman–Crippen MR) is 80.6 cm³/mol. The molecule has 1 saturated heterocycles. The highest BCUT2D eigenvalue weighted by Gasteiger charge is 2.43. The molecule has 2 rings (SSSR count). The molecule has 1 N–H and O–H groups in total. The van der Waals surface area contributed by atoms with Crippen LogP contribution in [0.4, 0.5) is 0 Å². The minimum atomic E-state index is -0.0922. The van der Waals surface area contributed by atoms with E-state index < -0.39 is 0 Å². The number of likely N-dealkylation sites (N-methyl/N-ethyl adjacent to an activating group) is 1. The van der Waals surface area contributed by atoms with Crippen LogP contribution in [0.3, 0.4) is 0 Å². The fourth-order valence-electron chi connectivity index (χ4n) is 3.87. The molecule has 20 heavy (non-hydrogen) atoms. The maximum atomic E-state index is 12.9. The van der Waals surface area contributed by atoms with Gasteiger partial charge in [0.25, 0.3) is 0 Å². The molecule has 0 bridgehead atoms. The van der Waals surface area contributed by atoms with Crippen molar-refractivity contribution in [1.29, 1.82) is 0 Å². The van der Waals surface area contributed by atoms with Gasteiger partial charge in [0.1, 0.15) is 0 Å². The molecule has 1 heterocycles. The number of nitrogens with zero attached hydrogens (tertiary/aromatic N) is 1. The summed E-state index contributed by atoms with van der Waals surface area (Å²) in [6.45, 7) is 7.69. The van der Waals surface area contributed by atoms with Gasteiger partial charge in [-0.2, -0.15) is 0 Å². The van der Waals surface area contributed by atoms with Crippen LogP contribution in [0.5, 0.6) is 0 Å². The summed E-state index contributed by atoms with van der Waals surface area (Å²) < 4.78 is 5.72. The van der Waals surface area contributed by atoms with Crippen molar-refractivity contribution in [3.8, 4) is 0 Å². The van der Waals surface area contributed by atoms with Crippen molar-refractivity contribution in [2.75, 3.05) is 33.3 Å². The Balaban J connectivity index is 1.95. The lowest BCUT2D eigenvalue weighted by molar-refractivity contribution is -0.143. The number of nitrogens with one attached hydrogen (secondary N) is 1. The monoisotopic (exact) mass is 282 g/mol. The van der Waals surface area contributed by atoms with Gasteiger partial charge >= 0.3 is 0 Å². The van der Waals surface area contributed by atoms with Crippen LogP contribution >= 0.6 is 0 Å². The Hall–Kier alpha value is -0.610. The second-order valence-corrected chi connectivity index (χ2v) is 6.97. The summed E-state index contributed by atoms with van der Waals surface area (Å²) in [5, 5.41) is 3.33. The van der Waals surface area contributed by atoms with E-state index in [1.165, 1.54) is 12.8 Å². The Bertz CT molecular complexity index is 318. The number of carbonyl (C=O) groups excluding carboxylic acids is 1. The highest BCUT2D eigenvalue weighted by Crippen LogP contribution is 2.44. The van der Waals surface area contributed by atoms with Crippen LogP contribution in [0, 0.1) is 11.3 Å². The zero-order chi connectivity index (χ0) is 14.6. The molecule has 1 saturated carbocycles. The number of hydrogen-bond donors (Lipinski definition) is 1. The van der Waals surface area contributed by atoms with E-state index in [0.29, 0.717) is 18.4 Å². The van der Waals surface area contributed by atoms with Gasteiger partial charge in [0.05, 0.1) is 12.7 Å². The van der Waals surface area contributed by atoms with Gasteiger partial charge < -0.3 is 15.0 Å². The summed E-state index contributed by atoms with van der Waals surface area (Å²) in [7, 11) is 1.95. The molecule has 0 aromatic rings. The lowest BCUT2D eigenvalue weighted by Crippen LogP contribution is -2.49. The Morgan fingerprint density at radius 1 is 1.40 bits per heavy atom. The highest BCUT2D eigenvalue weighted by atomic mass is 16.5. The first-order valence-electron chi connectivity index (χ1n) is 8.11. The normalized spacial score (nSPS) is 25.9. The van der Waals surface area contributed by atoms with Crippen LogP contribution in [-0.4, -0.2) is 50.2 Å². The molecule has 1 atom stereocenters. The van der Waals surface area contributed by atoms with Crippen molar-refractivity contribution >= 4 is 5.91 Å². The molecule has 116 valence electrons. The fraction of sp³-hybridized carbons (Fsp3) is 0.938. The third-order valence-electron chi connectivity index (χ3n) is 4.64. The predicted octanol–water partition coefficient (Wildman–Crippen LogP) is 2.04. The van der Waals surface area contributed by atoms with Crippen LogP contribution in [0.2, 0.25) is 0 Å². The number of ether oxygens (including phenoxy) is 1. The van der Waals surface area contributed by atoms with Gasteiger partial charge in [-0.25, -0.2) is 0 Å². The molecule has 4 nitrogen and oxygen atoms in total. The second-order valence-electron chi connectivity index (χ2n) is 6.97. The number of hydrogen-bond acceptors (Lipinski definition) is 3. The lowest BCUT2D eigenvalue weighted by Gasteiger charge is -2.36. The standard InChI is InChI=1S/C16H30N2O2/c1-13(2)10-16(6-4-5-7-16)15(19)18(3)12-14-11-17-8-9-20-14/h13-14,17H,4-12H2,1-3H3. The third kappa shape index (κ3) is 3.73. The van der Waals surface area contributed by atoms with Crippen LogP contribution < -0.4 is 5.32 Å². The van der Waals surface area contributed by atoms with Gasteiger partial charge in [-0.15, -0.1) is 0 Å². The van der Waals surface area contributed by atoms with E-state index in [1.807, 2.05) is 11.9 Å². The summed E-state index contributed by atoms with van der Waals surface area (Å²) in [6.07, 6.45) is 5.72. The summed E-state index contributed by atoms with van der Waals surface area (Å²) >= 11 is 0. The molecule has 4 heteroatoms. The summed E-state index contributed by atoms with van der Waals surface area (Å²) in [6, 6.07) is 0. The van der Waals surface area contributed by atoms with E-state index >= 15 is 0 Å². The number of amides is 1. The fourth-order valence-corrected chi connectivity index (χ4v) is 3.87. The SMILES string of the molecule is CC(C)CC1(C(=O)N(C)CC2CNCCO2)CCCC1. The Morgan fingerprint density at radius 3 is 2.65 bits per heavy atom. The van der Waals surface area contributed by atoms with E-state index in [4.69, 9.17) is 4.74 Å². The molecule has 1 unspecified atom stereocenters. The highest BCUT2D eigenvalue weighted by molar-refractivity contribution is 5.82. The topological polar surface area (TPSA) is 41.6 Å². The Labute approximate surface area is 123 Å². The molecule has 2 fully saturated rings. The number of carbonyl (C=O) groups is 1. The van der Waals surface area contributed by atoms with Crippen molar-refractivity contribution in [3.05, 3.63) is 0 Å². The van der Waals surface area contributed by atoms with Crippen LogP contribution in [0.15, 0.2) is 0 Å². The number of rotatable bonds is 5. The first-order chi connectivity index (χ1) is 9.53. The van der Waals surface area contributed by atoms with E-state index in [0.717, 1.165) is 39.0 Å². The first-order valence-corrected chi connectivity index (χ1v) is 8.11. The molecular formula is C16H30N2O2. The van der Waals surface area contributed by atoms with Crippen LogP contribution in [-0.2, 0) is 9.53 Å². The molecule has 0 radical (unpaired) electrons. The zero-order valence-electron chi connectivity index (χ0n) is 13.3. The van der Waals surface area contributed by atoms with Crippen LogP contribution in [0.25, 0.3) is 0 Å². The van der Waals surface area contributed by atoms with Gasteiger partial charge in [-0.1, -0.05) is 26.7 Å². The minimum Gasteiger partial charge on any atom is -0.374 e. The van der Waals surface area contributed by atoms with Gasteiger partial charge in [-0.3, -0.25) is 4.79 Å². The molecule has 1 aliphatic carbocycles. The molecule has 2 aliphatic rings. The lowest BCUT2D eigenvalue weighted by atomic mass is 9.77. The minimum absolute atomic E-state index is 0.0922. The maximum Gasteiger partial charge on any atom is 0.228 e. The quantitative estimate of drug-likeness (QED) is 0.839. The molecule has 0 aromatic carbocycles. The molecule has 1 amide bonds. The smallest absolute Gasteiger partial charge is 0.228 e. The van der Waals surface area contributed by atoms with Gasteiger partial charge in [0.15, 0.2) is 0 Å². The second kappa shape index (κ2) is 6.90. The Kier molecular flexibility index (Phi) is 5.44. The molecular weight excluding hydrogens is 252 g/mol. The van der Waals surface area contributed by atoms with E-state index in [2.05, 4.69) is 19.2 Å². The van der Waals surface area contributed by atoms with Gasteiger partial charge in [-0.05, 0) is 25.2 Å². The third-order valence-corrected chi connectivity index (χ3v) is 4.64. The zero-order valence-corrected chi connectivity index (χ0v) is 13.3. The van der Waals surface area contributed by atoms with Crippen molar-refractivity contribution in [1.82, 2.24) is 10.2 Å². The van der Waals surface area contributed by atoms with E-state index in [9.17, 15) is 4.79 Å². The van der Waals surface area contributed by atoms with Crippen molar-refractivity contribution in [3.63, 3.8) is 0 Å². The summed E-state index contributed by atoms with van der Waals surface area (Å²) in [5.74, 6) is 0.927. The van der Waals surface area contributed by atoms with Crippen molar-refractivity contribution < 1.29 is 9.53 Å². The summed E-state index contributed by atoms with van der Waals surface area (Å²) in [5.41, 5.74) is -0.0922. The van der Waals surface area contributed by atoms with Crippen LogP contribution in [0.1, 0.15) is 46.0 Å². The molecule has 0 spiro atoms. The average Bonchev–Trinajstić information content (AvgIpc) is 2.87. The first kappa shape index (κ1) is 15.8. The van der Waals surface area contributed by atoms with E-state index in [1.54, 1.807) is 0 Å². The Morgan fingerprint density at radius 2 is 2.10 bits per heavy atom. The largest absolute Gasteiger partial charge is 0.374 e. The summed E-state index contributed by atoms with van der Waals surface area (Å²) in [4.78, 5) is 14.8. The van der Waals surface area contributed by atoms with E-state index in [-0.39, 0.29) is 11.5 Å². The number of morpholine rings is 1. The molecule has 1 aliphatic heterocycles. The average molecular weight is 282 g/mol. The molecule has 0 aromatic heterocycles.